The Morgan fingerprint density at radius 2 is 2.07 bits per heavy atom. The summed E-state index contributed by atoms with van der Waals surface area (Å²) in [6, 6.07) is -0.224. The minimum atomic E-state index is -0.433. The molecule has 0 heterocycles. The predicted molar refractivity (Wildman–Crippen MR) is 57.0 cm³/mol. The summed E-state index contributed by atoms with van der Waals surface area (Å²) in [5, 5.41) is 0. The van der Waals surface area contributed by atoms with Crippen molar-refractivity contribution in [1.29, 1.82) is 0 Å². The third kappa shape index (κ3) is 4.07. The number of ether oxygens (including phenoxy) is 1. The van der Waals surface area contributed by atoms with Crippen molar-refractivity contribution in [2.24, 2.45) is 5.73 Å². The maximum atomic E-state index is 11.8. The zero-order valence-electron chi connectivity index (χ0n) is 9.62. The standard InChI is InChI=1S/C10H22N2O2/c1-5-12(8(2)3)10(13)9(11)6-7-14-4/h8-9H,5-7,11H2,1-4H3. The Labute approximate surface area is 86.4 Å². The van der Waals surface area contributed by atoms with Gasteiger partial charge in [-0.1, -0.05) is 0 Å². The number of nitrogens with zero attached hydrogens (tertiary/aromatic N) is 1. The molecule has 0 aliphatic carbocycles. The number of amides is 1. The van der Waals surface area contributed by atoms with Gasteiger partial charge in [0.15, 0.2) is 0 Å². The lowest BCUT2D eigenvalue weighted by Gasteiger charge is -2.27. The second-order valence-corrected chi connectivity index (χ2v) is 3.61. The van der Waals surface area contributed by atoms with Gasteiger partial charge in [0.25, 0.3) is 0 Å². The van der Waals surface area contributed by atoms with Crippen LogP contribution >= 0.6 is 0 Å². The third-order valence-corrected chi connectivity index (χ3v) is 2.20. The molecule has 0 saturated heterocycles. The van der Waals surface area contributed by atoms with E-state index in [-0.39, 0.29) is 11.9 Å². The van der Waals surface area contributed by atoms with Crippen molar-refractivity contribution in [3.8, 4) is 0 Å². The van der Waals surface area contributed by atoms with E-state index in [1.54, 1.807) is 12.0 Å². The van der Waals surface area contributed by atoms with Crippen molar-refractivity contribution in [3.63, 3.8) is 0 Å². The van der Waals surface area contributed by atoms with Gasteiger partial charge in [0.05, 0.1) is 6.04 Å². The summed E-state index contributed by atoms with van der Waals surface area (Å²) in [4.78, 5) is 13.5. The van der Waals surface area contributed by atoms with E-state index in [0.29, 0.717) is 19.6 Å². The Morgan fingerprint density at radius 3 is 2.43 bits per heavy atom. The lowest BCUT2D eigenvalue weighted by atomic mass is 10.2. The van der Waals surface area contributed by atoms with Crippen LogP contribution in [-0.4, -0.2) is 43.2 Å². The molecule has 4 heteroatoms. The van der Waals surface area contributed by atoms with Crippen LogP contribution in [0.3, 0.4) is 0 Å². The van der Waals surface area contributed by atoms with Gasteiger partial charge in [-0.2, -0.15) is 0 Å². The molecule has 0 saturated carbocycles. The summed E-state index contributed by atoms with van der Waals surface area (Å²) >= 11 is 0. The lowest BCUT2D eigenvalue weighted by Crippen LogP contribution is -2.47. The summed E-state index contributed by atoms with van der Waals surface area (Å²) < 4.78 is 4.89. The molecule has 1 atom stereocenters. The number of carbonyl (C=O) groups is 1. The fourth-order valence-electron chi connectivity index (χ4n) is 1.36. The molecule has 0 aromatic heterocycles. The largest absolute Gasteiger partial charge is 0.385 e. The van der Waals surface area contributed by atoms with E-state index in [0.717, 1.165) is 0 Å². The van der Waals surface area contributed by atoms with Crippen molar-refractivity contribution in [2.45, 2.75) is 39.3 Å². The van der Waals surface area contributed by atoms with Crippen LogP contribution in [0.5, 0.6) is 0 Å². The normalized spacial score (nSPS) is 13.0. The van der Waals surface area contributed by atoms with Crippen LogP contribution in [0.2, 0.25) is 0 Å². The van der Waals surface area contributed by atoms with Gasteiger partial charge >= 0.3 is 0 Å². The van der Waals surface area contributed by atoms with E-state index in [2.05, 4.69) is 0 Å². The van der Waals surface area contributed by atoms with Gasteiger partial charge in [0, 0.05) is 26.3 Å². The maximum Gasteiger partial charge on any atom is 0.239 e. The minimum Gasteiger partial charge on any atom is -0.385 e. The van der Waals surface area contributed by atoms with E-state index in [9.17, 15) is 4.79 Å². The Hall–Kier alpha value is -0.610. The van der Waals surface area contributed by atoms with E-state index in [1.165, 1.54) is 0 Å². The van der Waals surface area contributed by atoms with E-state index >= 15 is 0 Å². The van der Waals surface area contributed by atoms with Gasteiger partial charge in [0.2, 0.25) is 5.91 Å². The summed E-state index contributed by atoms with van der Waals surface area (Å²) in [6.45, 7) is 7.18. The van der Waals surface area contributed by atoms with Crippen molar-refractivity contribution in [3.05, 3.63) is 0 Å². The average Bonchev–Trinajstić information content (AvgIpc) is 2.14. The highest BCUT2D eigenvalue weighted by atomic mass is 16.5. The zero-order chi connectivity index (χ0) is 11.1. The molecule has 0 aromatic carbocycles. The molecule has 2 N–H and O–H groups in total. The fraction of sp³-hybridized carbons (Fsp3) is 0.900. The molecule has 0 aliphatic heterocycles. The third-order valence-electron chi connectivity index (χ3n) is 2.20. The molecule has 0 aliphatic rings. The van der Waals surface area contributed by atoms with Crippen molar-refractivity contribution in [1.82, 2.24) is 4.90 Å². The Kier molecular flexibility index (Phi) is 6.49. The molecule has 0 spiro atoms. The van der Waals surface area contributed by atoms with E-state index in [1.807, 2.05) is 20.8 Å². The molecule has 0 aromatic rings. The number of methoxy groups -OCH3 is 1. The van der Waals surface area contributed by atoms with Crippen LogP contribution < -0.4 is 5.73 Å². The van der Waals surface area contributed by atoms with Gasteiger partial charge in [-0.05, 0) is 27.2 Å². The first kappa shape index (κ1) is 13.4. The van der Waals surface area contributed by atoms with Gasteiger partial charge in [-0.15, -0.1) is 0 Å². The first-order valence-electron chi connectivity index (χ1n) is 5.09. The molecule has 4 nitrogen and oxygen atoms in total. The van der Waals surface area contributed by atoms with Crippen LogP contribution in [0.15, 0.2) is 0 Å². The quantitative estimate of drug-likeness (QED) is 0.686. The monoisotopic (exact) mass is 202 g/mol. The molecule has 1 unspecified atom stereocenters. The number of likely N-dealkylation sites (N-methyl/N-ethyl adjacent to an activating group) is 1. The average molecular weight is 202 g/mol. The molecule has 84 valence electrons. The molecular formula is C10H22N2O2. The number of carbonyl (C=O) groups excluding carboxylic acids is 1. The molecule has 1 amide bonds. The number of nitrogens with two attached hydrogens (primary N) is 1. The summed E-state index contributed by atoms with van der Waals surface area (Å²) in [7, 11) is 1.61. The zero-order valence-corrected chi connectivity index (χ0v) is 9.62. The highest BCUT2D eigenvalue weighted by Gasteiger charge is 2.21. The second-order valence-electron chi connectivity index (χ2n) is 3.61. The van der Waals surface area contributed by atoms with Gasteiger partial charge in [-0.3, -0.25) is 4.79 Å². The van der Waals surface area contributed by atoms with Crippen LogP contribution in [0.25, 0.3) is 0 Å². The SMILES string of the molecule is CCN(C(=O)C(N)CCOC)C(C)C. The van der Waals surface area contributed by atoms with Crippen molar-refractivity contribution < 1.29 is 9.53 Å². The number of hydrogen-bond donors (Lipinski definition) is 1. The summed E-state index contributed by atoms with van der Waals surface area (Å²) in [6.07, 6.45) is 0.582. The van der Waals surface area contributed by atoms with Gasteiger partial charge in [0.1, 0.15) is 0 Å². The van der Waals surface area contributed by atoms with Crippen LogP contribution in [0.4, 0.5) is 0 Å². The van der Waals surface area contributed by atoms with Crippen LogP contribution in [0, 0.1) is 0 Å². The van der Waals surface area contributed by atoms with E-state index in [4.69, 9.17) is 10.5 Å². The molecule has 0 fully saturated rings. The van der Waals surface area contributed by atoms with Crippen LogP contribution in [0.1, 0.15) is 27.2 Å². The molecule has 0 bridgehead atoms. The minimum absolute atomic E-state index is 0.0135. The summed E-state index contributed by atoms with van der Waals surface area (Å²) in [5.41, 5.74) is 5.75. The lowest BCUT2D eigenvalue weighted by molar-refractivity contribution is -0.134. The molecule has 14 heavy (non-hydrogen) atoms. The maximum absolute atomic E-state index is 11.8. The Bertz CT molecular complexity index is 172. The Morgan fingerprint density at radius 1 is 1.50 bits per heavy atom. The molecule has 0 radical (unpaired) electrons. The first-order valence-corrected chi connectivity index (χ1v) is 5.09. The summed E-state index contributed by atoms with van der Waals surface area (Å²) in [5.74, 6) is 0.0135. The van der Waals surface area contributed by atoms with Crippen molar-refractivity contribution in [2.75, 3.05) is 20.3 Å². The number of hydrogen-bond acceptors (Lipinski definition) is 3. The highest BCUT2D eigenvalue weighted by Crippen LogP contribution is 2.02. The van der Waals surface area contributed by atoms with Crippen molar-refractivity contribution >= 4 is 5.91 Å². The topological polar surface area (TPSA) is 55.6 Å². The fourth-order valence-corrected chi connectivity index (χ4v) is 1.36. The van der Waals surface area contributed by atoms with Gasteiger partial charge < -0.3 is 15.4 Å². The van der Waals surface area contributed by atoms with E-state index < -0.39 is 6.04 Å². The number of rotatable bonds is 6. The predicted octanol–water partition coefficient (Wildman–Crippen LogP) is 0.607. The van der Waals surface area contributed by atoms with Crippen LogP contribution in [-0.2, 0) is 9.53 Å². The first-order chi connectivity index (χ1) is 6.54. The molecule has 0 rings (SSSR count). The molecular weight excluding hydrogens is 180 g/mol. The smallest absolute Gasteiger partial charge is 0.239 e. The Balaban J connectivity index is 4.13. The van der Waals surface area contributed by atoms with Gasteiger partial charge in [-0.25, -0.2) is 0 Å². The second kappa shape index (κ2) is 6.79. The highest BCUT2D eigenvalue weighted by molar-refractivity contribution is 5.81.